The molecule has 1 heterocycles. The Morgan fingerprint density at radius 3 is 2.85 bits per heavy atom. The molecule has 0 aliphatic heterocycles. The molecule has 0 aliphatic carbocycles. The first-order valence-corrected chi connectivity index (χ1v) is 6.52. The van der Waals surface area contributed by atoms with E-state index < -0.39 is 6.04 Å². The molecule has 0 saturated heterocycles. The number of hydrogen-bond acceptors (Lipinski definition) is 4. The van der Waals surface area contributed by atoms with E-state index in [4.69, 9.17) is 4.52 Å². The first-order chi connectivity index (χ1) is 9.61. The SMILES string of the molecule is CCNC(=O)[C@@H](C)NC(=O)Cc1noc2ccccc12. The normalized spacial score (nSPS) is 12.1. The molecule has 0 fully saturated rings. The summed E-state index contributed by atoms with van der Waals surface area (Å²) in [6.07, 6.45) is 0.0841. The molecule has 0 unspecified atom stereocenters. The van der Waals surface area contributed by atoms with Crippen molar-refractivity contribution in [3.8, 4) is 0 Å². The smallest absolute Gasteiger partial charge is 0.242 e. The number of carbonyl (C=O) groups excluding carboxylic acids is 2. The first kappa shape index (κ1) is 14.0. The number of amides is 2. The van der Waals surface area contributed by atoms with Gasteiger partial charge in [-0.25, -0.2) is 0 Å². The highest BCUT2D eigenvalue weighted by Gasteiger charge is 2.17. The summed E-state index contributed by atoms with van der Waals surface area (Å²) in [5.41, 5.74) is 1.22. The highest BCUT2D eigenvalue weighted by atomic mass is 16.5. The summed E-state index contributed by atoms with van der Waals surface area (Å²) in [5.74, 6) is -0.464. The fourth-order valence-electron chi connectivity index (χ4n) is 1.90. The molecule has 2 amide bonds. The average Bonchev–Trinajstić information content (AvgIpc) is 2.82. The molecule has 0 aliphatic rings. The fraction of sp³-hybridized carbons (Fsp3) is 0.357. The molecule has 1 aromatic carbocycles. The molecule has 1 atom stereocenters. The second-order valence-corrected chi connectivity index (χ2v) is 4.49. The quantitative estimate of drug-likeness (QED) is 0.853. The number of likely N-dealkylation sites (N-methyl/N-ethyl adjacent to an activating group) is 1. The van der Waals surface area contributed by atoms with Crippen LogP contribution in [0.25, 0.3) is 11.0 Å². The number of para-hydroxylation sites is 1. The van der Waals surface area contributed by atoms with Crippen molar-refractivity contribution in [3.63, 3.8) is 0 Å². The van der Waals surface area contributed by atoms with Crippen molar-refractivity contribution in [2.24, 2.45) is 0 Å². The van der Waals surface area contributed by atoms with Crippen molar-refractivity contribution < 1.29 is 14.1 Å². The lowest BCUT2D eigenvalue weighted by molar-refractivity contribution is -0.128. The number of nitrogens with zero attached hydrogens (tertiary/aromatic N) is 1. The predicted molar refractivity (Wildman–Crippen MR) is 74.0 cm³/mol. The third-order valence-corrected chi connectivity index (χ3v) is 2.90. The minimum absolute atomic E-state index is 0.0841. The molecular formula is C14H17N3O3. The summed E-state index contributed by atoms with van der Waals surface area (Å²) in [5, 5.41) is 9.99. The van der Waals surface area contributed by atoms with Crippen LogP contribution in [0.5, 0.6) is 0 Å². The molecule has 6 heteroatoms. The highest BCUT2D eigenvalue weighted by molar-refractivity contribution is 5.90. The van der Waals surface area contributed by atoms with Crippen LogP contribution in [-0.4, -0.2) is 29.6 Å². The van der Waals surface area contributed by atoms with Gasteiger partial charge in [0.2, 0.25) is 11.8 Å². The van der Waals surface area contributed by atoms with Crippen LogP contribution >= 0.6 is 0 Å². The number of benzene rings is 1. The standard InChI is InChI=1S/C14H17N3O3/c1-3-15-14(19)9(2)16-13(18)8-11-10-6-4-5-7-12(10)20-17-11/h4-7,9H,3,8H2,1-2H3,(H,15,19)(H,16,18)/t9-/m1/s1. The van der Waals surface area contributed by atoms with Crippen LogP contribution in [0.1, 0.15) is 19.5 Å². The summed E-state index contributed by atoms with van der Waals surface area (Å²) in [6.45, 7) is 4.00. The summed E-state index contributed by atoms with van der Waals surface area (Å²) in [6, 6.07) is 6.77. The zero-order valence-electron chi connectivity index (χ0n) is 11.5. The molecule has 2 rings (SSSR count). The van der Waals surface area contributed by atoms with Crippen LogP contribution in [0.15, 0.2) is 28.8 Å². The van der Waals surface area contributed by atoms with Crippen molar-refractivity contribution in [1.29, 1.82) is 0 Å². The Morgan fingerprint density at radius 2 is 2.10 bits per heavy atom. The van der Waals surface area contributed by atoms with Crippen LogP contribution in [0, 0.1) is 0 Å². The molecule has 2 N–H and O–H groups in total. The number of nitrogens with one attached hydrogen (secondary N) is 2. The molecule has 106 valence electrons. The average molecular weight is 275 g/mol. The van der Waals surface area contributed by atoms with Crippen LogP contribution in [0.2, 0.25) is 0 Å². The van der Waals surface area contributed by atoms with E-state index in [1.807, 2.05) is 25.1 Å². The summed E-state index contributed by atoms with van der Waals surface area (Å²) in [4.78, 5) is 23.4. The summed E-state index contributed by atoms with van der Waals surface area (Å²) >= 11 is 0. The summed E-state index contributed by atoms with van der Waals surface area (Å²) < 4.78 is 5.13. The number of hydrogen-bond donors (Lipinski definition) is 2. The van der Waals surface area contributed by atoms with Crippen molar-refractivity contribution in [3.05, 3.63) is 30.0 Å². The van der Waals surface area contributed by atoms with Gasteiger partial charge < -0.3 is 15.2 Å². The van der Waals surface area contributed by atoms with Gasteiger partial charge in [0.05, 0.1) is 6.42 Å². The highest BCUT2D eigenvalue weighted by Crippen LogP contribution is 2.17. The van der Waals surface area contributed by atoms with Gasteiger partial charge >= 0.3 is 0 Å². The van der Waals surface area contributed by atoms with Gasteiger partial charge in [0.1, 0.15) is 11.7 Å². The zero-order chi connectivity index (χ0) is 14.5. The molecule has 0 saturated carbocycles. The maximum Gasteiger partial charge on any atom is 0.242 e. The van der Waals surface area contributed by atoms with E-state index in [2.05, 4.69) is 15.8 Å². The van der Waals surface area contributed by atoms with E-state index in [0.717, 1.165) is 5.39 Å². The second-order valence-electron chi connectivity index (χ2n) is 4.49. The van der Waals surface area contributed by atoms with Crippen LogP contribution in [0.3, 0.4) is 0 Å². The van der Waals surface area contributed by atoms with Gasteiger partial charge in [-0.15, -0.1) is 0 Å². The van der Waals surface area contributed by atoms with E-state index >= 15 is 0 Å². The van der Waals surface area contributed by atoms with Crippen molar-refractivity contribution in [1.82, 2.24) is 15.8 Å². The molecule has 20 heavy (non-hydrogen) atoms. The van der Waals surface area contributed by atoms with E-state index in [0.29, 0.717) is 17.8 Å². The summed E-state index contributed by atoms with van der Waals surface area (Å²) in [7, 11) is 0. The Bertz CT molecular complexity index is 621. The van der Waals surface area contributed by atoms with Gasteiger partial charge in [0.15, 0.2) is 5.58 Å². The van der Waals surface area contributed by atoms with Crippen LogP contribution < -0.4 is 10.6 Å². The Labute approximate surface area is 116 Å². The van der Waals surface area contributed by atoms with Crippen LogP contribution in [-0.2, 0) is 16.0 Å². The largest absolute Gasteiger partial charge is 0.356 e. The lowest BCUT2D eigenvalue weighted by atomic mass is 10.1. The molecule has 1 aromatic heterocycles. The van der Waals surface area contributed by atoms with Gasteiger partial charge in [-0.3, -0.25) is 9.59 Å². The molecule has 0 radical (unpaired) electrons. The van der Waals surface area contributed by atoms with Gasteiger partial charge in [-0.2, -0.15) is 0 Å². The maximum absolute atomic E-state index is 11.9. The third-order valence-electron chi connectivity index (χ3n) is 2.90. The minimum Gasteiger partial charge on any atom is -0.356 e. The van der Waals surface area contributed by atoms with Crippen molar-refractivity contribution in [2.45, 2.75) is 26.3 Å². The molecule has 0 bridgehead atoms. The number of fused-ring (bicyclic) bond motifs is 1. The number of aromatic nitrogens is 1. The molecule has 0 spiro atoms. The van der Waals surface area contributed by atoms with E-state index in [1.54, 1.807) is 13.0 Å². The Morgan fingerprint density at radius 1 is 1.35 bits per heavy atom. The number of carbonyl (C=O) groups is 2. The Kier molecular flexibility index (Phi) is 4.34. The topological polar surface area (TPSA) is 84.2 Å². The van der Waals surface area contributed by atoms with E-state index in [-0.39, 0.29) is 18.2 Å². The number of rotatable bonds is 5. The first-order valence-electron chi connectivity index (χ1n) is 6.52. The molecular weight excluding hydrogens is 258 g/mol. The molecule has 6 nitrogen and oxygen atoms in total. The predicted octanol–water partition coefficient (Wildman–Crippen LogP) is 1.01. The van der Waals surface area contributed by atoms with Gasteiger partial charge in [0, 0.05) is 11.9 Å². The minimum atomic E-state index is -0.569. The van der Waals surface area contributed by atoms with Crippen molar-refractivity contribution >= 4 is 22.8 Å². The van der Waals surface area contributed by atoms with Gasteiger partial charge in [-0.1, -0.05) is 17.3 Å². The van der Waals surface area contributed by atoms with Gasteiger partial charge in [-0.05, 0) is 26.0 Å². The Hall–Kier alpha value is -2.37. The molecule has 2 aromatic rings. The Balaban J connectivity index is 1.99. The second kappa shape index (κ2) is 6.18. The zero-order valence-corrected chi connectivity index (χ0v) is 11.5. The maximum atomic E-state index is 11.9. The van der Waals surface area contributed by atoms with Gasteiger partial charge in [0.25, 0.3) is 0 Å². The van der Waals surface area contributed by atoms with E-state index in [9.17, 15) is 9.59 Å². The van der Waals surface area contributed by atoms with E-state index in [1.165, 1.54) is 0 Å². The third kappa shape index (κ3) is 3.14. The lowest BCUT2D eigenvalue weighted by Gasteiger charge is -2.12. The lowest BCUT2D eigenvalue weighted by Crippen LogP contribution is -2.45. The van der Waals surface area contributed by atoms with Crippen LogP contribution in [0.4, 0.5) is 0 Å². The fourth-order valence-corrected chi connectivity index (χ4v) is 1.90. The monoisotopic (exact) mass is 275 g/mol. The van der Waals surface area contributed by atoms with Crippen molar-refractivity contribution in [2.75, 3.05) is 6.54 Å².